The SMILES string of the molecule is O=C([O-])CN1C(=O)S[C@@H](Nc2ccc(Cl)cc2)C1=O. The van der Waals surface area contributed by atoms with Crippen LogP contribution >= 0.6 is 23.4 Å². The fraction of sp³-hybridized carbons (Fsp3) is 0.182. The molecular formula is C11H8ClN2O4S-. The zero-order valence-electron chi connectivity index (χ0n) is 9.46. The molecule has 100 valence electrons. The van der Waals surface area contributed by atoms with Crippen LogP contribution in [0, 0.1) is 0 Å². The molecule has 1 fully saturated rings. The highest BCUT2D eigenvalue weighted by molar-refractivity contribution is 8.15. The molecule has 2 amide bonds. The van der Waals surface area contributed by atoms with Gasteiger partial charge in [-0.3, -0.25) is 14.5 Å². The van der Waals surface area contributed by atoms with E-state index in [1.807, 2.05) is 0 Å². The Balaban J connectivity index is 2.06. The summed E-state index contributed by atoms with van der Waals surface area (Å²) < 4.78 is 0. The maximum Gasteiger partial charge on any atom is 0.291 e. The van der Waals surface area contributed by atoms with Crippen molar-refractivity contribution in [1.82, 2.24) is 4.90 Å². The van der Waals surface area contributed by atoms with Crippen LogP contribution in [0.3, 0.4) is 0 Å². The highest BCUT2D eigenvalue weighted by Gasteiger charge is 2.39. The standard InChI is InChI=1S/C11H9ClN2O4S/c12-6-1-3-7(4-2-6)13-9-10(17)14(5-8(15)16)11(18)19-9/h1-4,9,13H,5H2,(H,15,16)/p-1/t9-/m1/s1. The quantitative estimate of drug-likeness (QED) is 0.872. The monoisotopic (exact) mass is 299 g/mol. The Hall–Kier alpha value is -1.73. The Labute approximate surface area is 117 Å². The predicted octanol–water partition coefficient (Wildman–Crippen LogP) is 0.523. The summed E-state index contributed by atoms with van der Waals surface area (Å²) in [5, 5.41) is 12.4. The van der Waals surface area contributed by atoms with E-state index < -0.39 is 29.0 Å². The molecule has 0 spiro atoms. The fourth-order valence-corrected chi connectivity index (χ4v) is 2.54. The zero-order chi connectivity index (χ0) is 14.0. The van der Waals surface area contributed by atoms with Gasteiger partial charge in [-0.1, -0.05) is 11.6 Å². The van der Waals surface area contributed by atoms with Gasteiger partial charge in [-0.25, -0.2) is 0 Å². The minimum Gasteiger partial charge on any atom is -0.548 e. The van der Waals surface area contributed by atoms with Crippen molar-refractivity contribution in [3.63, 3.8) is 0 Å². The molecule has 8 heteroatoms. The van der Waals surface area contributed by atoms with Crippen LogP contribution in [0.1, 0.15) is 0 Å². The number of benzene rings is 1. The summed E-state index contributed by atoms with van der Waals surface area (Å²) in [4.78, 5) is 34.4. The summed E-state index contributed by atoms with van der Waals surface area (Å²) in [5.74, 6) is -2.08. The van der Waals surface area contributed by atoms with Crippen molar-refractivity contribution in [3.05, 3.63) is 29.3 Å². The zero-order valence-corrected chi connectivity index (χ0v) is 11.0. The second-order valence-electron chi connectivity index (χ2n) is 3.71. The van der Waals surface area contributed by atoms with Crippen molar-refractivity contribution in [3.8, 4) is 0 Å². The van der Waals surface area contributed by atoms with Crippen LogP contribution in [0.2, 0.25) is 5.02 Å². The van der Waals surface area contributed by atoms with Crippen molar-refractivity contribution in [2.24, 2.45) is 0 Å². The van der Waals surface area contributed by atoms with Gasteiger partial charge in [-0.2, -0.15) is 0 Å². The Morgan fingerprint density at radius 1 is 1.37 bits per heavy atom. The molecule has 1 aromatic rings. The van der Waals surface area contributed by atoms with E-state index in [-0.39, 0.29) is 0 Å². The number of carbonyl (C=O) groups excluding carboxylic acids is 3. The average molecular weight is 300 g/mol. The molecule has 1 atom stereocenters. The minimum absolute atomic E-state index is 0.547. The lowest BCUT2D eigenvalue weighted by atomic mass is 10.3. The smallest absolute Gasteiger partial charge is 0.291 e. The number of imide groups is 1. The lowest BCUT2D eigenvalue weighted by Crippen LogP contribution is -2.42. The largest absolute Gasteiger partial charge is 0.548 e. The molecule has 6 nitrogen and oxygen atoms in total. The third kappa shape index (κ3) is 3.18. The predicted molar refractivity (Wildman–Crippen MR) is 68.6 cm³/mol. The molecule has 0 bridgehead atoms. The minimum atomic E-state index is -1.48. The van der Waals surface area contributed by atoms with Crippen LogP contribution in [-0.2, 0) is 9.59 Å². The number of carboxylic acid groups (broad SMARTS) is 1. The highest BCUT2D eigenvalue weighted by Crippen LogP contribution is 2.28. The number of hydrogen-bond acceptors (Lipinski definition) is 6. The van der Waals surface area contributed by atoms with Crippen LogP contribution in [0.25, 0.3) is 0 Å². The molecule has 1 aliphatic rings. The van der Waals surface area contributed by atoms with Gasteiger partial charge in [-0.05, 0) is 36.0 Å². The van der Waals surface area contributed by atoms with Crippen LogP contribution in [0.15, 0.2) is 24.3 Å². The van der Waals surface area contributed by atoms with E-state index in [1.54, 1.807) is 24.3 Å². The topological polar surface area (TPSA) is 89.5 Å². The second-order valence-corrected chi connectivity index (χ2v) is 5.20. The number of carboxylic acids is 1. The molecule has 1 heterocycles. The molecule has 0 aliphatic carbocycles. The van der Waals surface area contributed by atoms with Gasteiger partial charge in [0.15, 0.2) is 5.37 Å². The molecule has 1 aliphatic heterocycles. The highest BCUT2D eigenvalue weighted by atomic mass is 35.5. The first-order valence-electron chi connectivity index (χ1n) is 5.21. The summed E-state index contributed by atoms with van der Waals surface area (Å²) in [5.41, 5.74) is 0.610. The average Bonchev–Trinajstić information content (AvgIpc) is 2.60. The van der Waals surface area contributed by atoms with Gasteiger partial charge >= 0.3 is 0 Å². The maximum atomic E-state index is 11.8. The number of hydrogen-bond donors (Lipinski definition) is 1. The third-order valence-electron chi connectivity index (χ3n) is 2.36. The number of thioether (sulfide) groups is 1. The molecule has 0 saturated carbocycles. The van der Waals surface area contributed by atoms with Gasteiger partial charge in [0, 0.05) is 10.7 Å². The Kier molecular flexibility index (Phi) is 3.96. The van der Waals surface area contributed by atoms with Crippen LogP contribution in [0.4, 0.5) is 10.5 Å². The van der Waals surface area contributed by atoms with Crippen LogP contribution in [-0.4, -0.2) is 33.9 Å². The lowest BCUT2D eigenvalue weighted by molar-refractivity contribution is -0.305. The Morgan fingerprint density at radius 3 is 2.58 bits per heavy atom. The molecular weight excluding hydrogens is 292 g/mol. The van der Waals surface area contributed by atoms with E-state index in [1.165, 1.54) is 0 Å². The first kappa shape index (κ1) is 13.7. The number of nitrogens with zero attached hydrogens (tertiary/aromatic N) is 1. The van der Waals surface area contributed by atoms with Gasteiger partial charge in [0.25, 0.3) is 11.1 Å². The molecule has 1 aromatic carbocycles. The number of halogens is 1. The number of nitrogens with one attached hydrogen (secondary N) is 1. The van der Waals surface area contributed by atoms with Crippen molar-refractivity contribution in [1.29, 1.82) is 0 Å². The molecule has 2 rings (SSSR count). The van der Waals surface area contributed by atoms with Gasteiger partial charge in [0.05, 0.1) is 12.5 Å². The van der Waals surface area contributed by atoms with Gasteiger partial charge < -0.3 is 15.2 Å². The van der Waals surface area contributed by atoms with Gasteiger partial charge in [0.1, 0.15) is 0 Å². The van der Waals surface area contributed by atoms with Crippen LogP contribution in [0.5, 0.6) is 0 Å². The normalized spacial score (nSPS) is 18.8. The summed E-state index contributed by atoms with van der Waals surface area (Å²) in [6.07, 6.45) is 0. The number of aliphatic carboxylic acids is 1. The molecule has 1 saturated heterocycles. The molecule has 19 heavy (non-hydrogen) atoms. The number of anilines is 1. The first-order valence-corrected chi connectivity index (χ1v) is 6.47. The summed E-state index contributed by atoms with van der Waals surface area (Å²) in [6.45, 7) is -0.733. The number of amides is 2. The van der Waals surface area contributed by atoms with E-state index in [4.69, 9.17) is 11.6 Å². The summed E-state index contributed by atoms with van der Waals surface area (Å²) in [6, 6.07) is 6.58. The third-order valence-corrected chi connectivity index (χ3v) is 3.59. The fourth-order valence-electron chi connectivity index (χ4n) is 1.51. The van der Waals surface area contributed by atoms with E-state index in [0.717, 1.165) is 11.8 Å². The van der Waals surface area contributed by atoms with Gasteiger partial charge in [-0.15, -0.1) is 0 Å². The first-order chi connectivity index (χ1) is 8.97. The van der Waals surface area contributed by atoms with E-state index in [9.17, 15) is 19.5 Å². The molecule has 1 N–H and O–H groups in total. The van der Waals surface area contributed by atoms with E-state index >= 15 is 0 Å². The van der Waals surface area contributed by atoms with Crippen molar-refractivity contribution in [2.45, 2.75) is 5.37 Å². The maximum absolute atomic E-state index is 11.8. The molecule has 0 radical (unpaired) electrons. The molecule has 0 aromatic heterocycles. The van der Waals surface area contributed by atoms with E-state index in [2.05, 4.69) is 5.32 Å². The Morgan fingerprint density at radius 2 is 2.00 bits per heavy atom. The second kappa shape index (κ2) is 5.50. The Bertz CT molecular complexity index is 534. The lowest BCUT2D eigenvalue weighted by Gasteiger charge is -2.15. The van der Waals surface area contributed by atoms with Crippen molar-refractivity contribution < 1.29 is 19.5 Å². The van der Waals surface area contributed by atoms with Gasteiger partial charge in [0.2, 0.25) is 0 Å². The van der Waals surface area contributed by atoms with Crippen molar-refractivity contribution in [2.75, 3.05) is 11.9 Å². The summed E-state index contributed by atoms with van der Waals surface area (Å²) in [7, 11) is 0. The number of rotatable bonds is 4. The summed E-state index contributed by atoms with van der Waals surface area (Å²) >= 11 is 6.45. The van der Waals surface area contributed by atoms with E-state index in [0.29, 0.717) is 15.6 Å². The molecule has 0 unspecified atom stereocenters. The van der Waals surface area contributed by atoms with Crippen LogP contribution < -0.4 is 10.4 Å². The number of carbonyl (C=O) groups is 3. The van der Waals surface area contributed by atoms with Crippen molar-refractivity contribution >= 4 is 46.2 Å².